The molecule has 0 spiro atoms. The number of hydrogen-bond acceptors (Lipinski definition) is 6. The zero-order chi connectivity index (χ0) is 21.7. The number of methoxy groups -OCH3 is 1. The molecule has 0 N–H and O–H groups in total. The first-order valence-corrected chi connectivity index (χ1v) is 10.3. The molecule has 162 valence electrons. The first kappa shape index (κ1) is 21.7. The van der Waals surface area contributed by atoms with E-state index in [1.54, 1.807) is 30.7 Å². The third kappa shape index (κ3) is 4.58. The fraction of sp³-hybridized carbons (Fsp3) is 0.500. The van der Waals surface area contributed by atoms with Gasteiger partial charge in [0.2, 0.25) is 5.91 Å². The van der Waals surface area contributed by atoms with Crippen LogP contribution in [-0.4, -0.2) is 53.4 Å². The van der Waals surface area contributed by atoms with Gasteiger partial charge in [-0.25, -0.2) is 4.79 Å². The summed E-state index contributed by atoms with van der Waals surface area (Å²) in [5.41, 5.74) is 3.09. The molecule has 0 fully saturated rings. The predicted molar refractivity (Wildman–Crippen MR) is 111 cm³/mol. The molecule has 1 amide bonds. The number of aryl methyl sites for hydroxylation is 2. The summed E-state index contributed by atoms with van der Waals surface area (Å²) in [4.78, 5) is 26.9. The van der Waals surface area contributed by atoms with Crippen molar-refractivity contribution in [2.24, 2.45) is 7.05 Å². The van der Waals surface area contributed by atoms with Gasteiger partial charge in [-0.15, -0.1) is 0 Å². The molecule has 0 bridgehead atoms. The van der Waals surface area contributed by atoms with Crippen molar-refractivity contribution >= 4 is 11.9 Å². The molecule has 1 aliphatic rings. The highest BCUT2D eigenvalue weighted by Crippen LogP contribution is 2.29. The van der Waals surface area contributed by atoms with Crippen LogP contribution in [0.2, 0.25) is 0 Å². The van der Waals surface area contributed by atoms with E-state index in [1.807, 2.05) is 25.1 Å². The summed E-state index contributed by atoms with van der Waals surface area (Å²) >= 11 is 0. The summed E-state index contributed by atoms with van der Waals surface area (Å²) in [6, 6.07) is 5.73. The van der Waals surface area contributed by atoms with Gasteiger partial charge in [-0.05, 0) is 38.0 Å². The summed E-state index contributed by atoms with van der Waals surface area (Å²) < 4.78 is 17.6. The minimum Gasteiger partial charge on any atom is -0.493 e. The lowest BCUT2D eigenvalue weighted by atomic mass is 10.0. The Balaban J connectivity index is 1.66. The predicted octanol–water partition coefficient (Wildman–Crippen LogP) is 2.52. The highest BCUT2D eigenvalue weighted by atomic mass is 16.5. The standard InChI is InChI=1S/C22H29N3O5/c1-5-29-18-9-7-15(13-19(18)28-4)8-10-20(26)25-12-11-17-16(14-25)21(24(3)23-17)22(27)30-6-2/h7,9,13H,5-6,8,10-12,14H2,1-4H3. The van der Waals surface area contributed by atoms with Crippen LogP contribution in [0.5, 0.6) is 11.5 Å². The number of carbonyl (C=O) groups is 2. The van der Waals surface area contributed by atoms with E-state index in [4.69, 9.17) is 14.2 Å². The van der Waals surface area contributed by atoms with E-state index in [0.717, 1.165) is 16.8 Å². The summed E-state index contributed by atoms with van der Waals surface area (Å²) in [6.07, 6.45) is 1.61. The number of rotatable bonds is 8. The molecule has 0 saturated carbocycles. The maximum absolute atomic E-state index is 12.8. The van der Waals surface area contributed by atoms with Crippen LogP contribution >= 0.6 is 0 Å². The summed E-state index contributed by atoms with van der Waals surface area (Å²) in [6.45, 7) is 5.53. The third-order valence-electron chi connectivity index (χ3n) is 5.17. The van der Waals surface area contributed by atoms with E-state index in [9.17, 15) is 9.59 Å². The van der Waals surface area contributed by atoms with Crippen LogP contribution in [0.4, 0.5) is 0 Å². The minimum absolute atomic E-state index is 0.0483. The van der Waals surface area contributed by atoms with Gasteiger partial charge < -0.3 is 19.1 Å². The number of carbonyl (C=O) groups excluding carboxylic acids is 2. The van der Waals surface area contributed by atoms with Crippen molar-refractivity contribution in [3.05, 3.63) is 40.7 Å². The van der Waals surface area contributed by atoms with Crippen molar-refractivity contribution < 1.29 is 23.8 Å². The Morgan fingerprint density at radius 1 is 1.17 bits per heavy atom. The van der Waals surface area contributed by atoms with Crippen LogP contribution in [0.3, 0.4) is 0 Å². The topological polar surface area (TPSA) is 82.9 Å². The van der Waals surface area contributed by atoms with Crippen LogP contribution in [0.25, 0.3) is 0 Å². The molecular weight excluding hydrogens is 386 g/mol. The molecule has 0 radical (unpaired) electrons. The number of ether oxygens (including phenoxy) is 3. The van der Waals surface area contributed by atoms with Crippen LogP contribution in [0.15, 0.2) is 18.2 Å². The largest absolute Gasteiger partial charge is 0.493 e. The Morgan fingerprint density at radius 3 is 2.67 bits per heavy atom. The minimum atomic E-state index is -0.399. The molecular formula is C22H29N3O5. The summed E-state index contributed by atoms with van der Waals surface area (Å²) in [7, 11) is 3.34. The molecule has 8 nitrogen and oxygen atoms in total. The first-order chi connectivity index (χ1) is 14.5. The number of benzene rings is 1. The molecule has 0 unspecified atom stereocenters. The van der Waals surface area contributed by atoms with E-state index in [0.29, 0.717) is 62.8 Å². The number of amides is 1. The van der Waals surface area contributed by atoms with Gasteiger partial charge in [-0.2, -0.15) is 5.10 Å². The van der Waals surface area contributed by atoms with Gasteiger partial charge in [0.05, 0.1) is 26.0 Å². The number of hydrogen-bond donors (Lipinski definition) is 0. The van der Waals surface area contributed by atoms with Gasteiger partial charge in [-0.1, -0.05) is 6.07 Å². The quantitative estimate of drug-likeness (QED) is 0.616. The second-order valence-corrected chi connectivity index (χ2v) is 7.10. The maximum Gasteiger partial charge on any atom is 0.356 e. The maximum atomic E-state index is 12.8. The Kier molecular flexibility index (Phi) is 6.97. The molecule has 2 aromatic rings. The van der Waals surface area contributed by atoms with Crippen molar-refractivity contribution in [1.82, 2.24) is 14.7 Å². The van der Waals surface area contributed by atoms with E-state index in [1.165, 1.54) is 0 Å². The van der Waals surface area contributed by atoms with Crippen molar-refractivity contribution in [3.8, 4) is 11.5 Å². The van der Waals surface area contributed by atoms with Crippen molar-refractivity contribution in [2.75, 3.05) is 26.9 Å². The summed E-state index contributed by atoms with van der Waals surface area (Å²) in [5.74, 6) is 1.01. The van der Waals surface area contributed by atoms with Gasteiger partial charge in [0.15, 0.2) is 17.2 Å². The van der Waals surface area contributed by atoms with E-state index in [2.05, 4.69) is 5.10 Å². The van der Waals surface area contributed by atoms with Gasteiger partial charge in [0.25, 0.3) is 0 Å². The van der Waals surface area contributed by atoms with E-state index < -0.39 is 5.97 Å². The van der Waals surface area contributed by atoms with Crippen LogP contribution in [0, 0.1) is 0 Å². The summed E-state index contributed by atoms with van der Waals surface area (Å²) in [5, 5.41) is 4.44. The Bertz CT molecular complexity index is 922. The second kappa shape index (κ2) is 9.65. The third-order valence-corrected chi connectivity index (χ3v) is 5.17. The van der Waals surface area contributed by atoms with Gasteiger partial charge >= 0.3 is 5.97 Å². The van der Waals surface area contributed by atoms with Crippen LogP contribution in [0.1, 0.15) is 47.6 Å². The monoisotopic (exact) mass is 415 g/mol. The van der Waals surface area contributed by atoms with Crippen molar-refractivity contribution in [3.63, 3.8) is 0 Å². The average molecular weight is 415 g/mol. The molecule has 3 rings (SSSR count). The number of fused-ring (bicyclic) bond motifs is 1. The smallest absolute Gasteiger partial charge is 0.356 e. The van der Waals surface area contributed by atoms with Gasteiger partial charge in [0.1, 0.15) is 0 Å². The Labute approximate surface area is 176 Å². The van der Waals surface area contributed by atoms with Crippen molar-refractivity contribution in [1.29, 1.82) is 0 Å². The molecule has 1 aromatic carbocycles. The number of nitrogens with zero attached hydrogens (tertiary/aromatic N) is 3. The molecule has 2 heterocycles. The van der Waals surface area contributed by atoms with Crippen LogP contribution < -0.4 is 9.47 Å². The zero-order valence-corrected chi connectivity index (χ0v) is 18.1. The number of aromatic nitrogens is 2. The normalized spacial score (nSPS) is 13.0. The molecule has 1 aromatic heterocycles. The van der Waals surface area contributed by atoms with E-state index >= 15 is 0 Å². The first-order valence-electron chi connectivity index (χ1n) is 10.3. The number of esters is 1. The molecule has 0 aliphatic carbocycles. The fourth-order valence-corrected chi connectivity index (χ4v) is 3.72. The lowest BCUT2D eigenvalue weighted by Crippen LogP contribution is -2.36. The molecule has 8 heteroatoms. The van der Waals surface area contributed by atoms with E-state index in [-0.39, 0.29) is 5.91 Å². The zero-order valence-electron chi connectivity index (χ0n) is 18.1. The lowest BCUT2D eigenvalue weighted by molar-refractivity contribution is -0.132. The highest BCUT2D eigenvalue weighted by Gasteiger charge is 2.29. The lowest BCUT2D eigenvalue weighted by Gasteiger charge is -2.27. The second-order valence-electron chi connectivity index (χ2n) is 7.10. The van der Waals surface area contributed by atoms with Crippen LogP contribution in [-0.2, 0) is 36.0 Å². The average Bonchev–Trinajstić information content (AvgIpc) is 3.08. The molecule has 1 aliphatic heterocycles. The molecule has 0 saturated heterocycles. The Hall–Kier alpha value is -3.03. The van der Waals surface area contributed by atoms with Gasteiger partial charge in [0, 0.05) is 38.5 Å². The van der Waals surface area contributed by atoms with Crippen molar-refractivity contribution in [2.45, 2.75) is 39.7 Å². The highest BCUT2D eigenvalue weighted by molar-refractivity contribution is 5.90. The Morgan fingerprint density at radius 2 is 1.97 bits per heavy atom. The molecule has 0 atom stereocenters. The van der Waals surface area contributed by atoms with Gasteiger partial charge in [-0.3, -0.25) is 9.48 Å². The fourth-order valence-electron chi connectivity index (χ4n) is 3.72. The molecule has 30 heavy (non-hydrogen) atoms. The SMILES string of the molecule is CCOC(=O)c1c2c(nn1C)CCN(C(=O)CCc1ccc(OCC)c(OC)c1)C2.